The van der Waals surface area contributed by atoms with Crippen LogP contribution in [0.3, 0.4) is 0 Å². The van der Waals surface area contributed by atoms with Crippen LogP contribution in [0.4, 0.5) is 5.13 Å². The van der Waals surface area contributed by atoms with E-state index in [0.717, 1.165) is 41.5 Å². The molecule has 1 amide bonds. The van der Waals surface area contributed by atoms with Gasteiger partial charge in [-0.15, -0.1) is 28.1 Å². The van der Waals surface area contributed by atoms with Gasteiger partial charge in [0.1, 0.15) is 23.1 Å². The summed E-state index contributed by atoms with van der Waals surface area (Å²) in [4.78, 5) is 18.1. The summed E-state index contributed by atoms with van der Waals surface area (Å²) >= 11 is 1.42. The molecule has 0 atom stereocenters. The molecule has 1 aliphatic heterocycles. The zero-order chi connectivity index (χ0) is 24.2. The number of aromatic nitrogens is 4. The lowest BCUT2D eigenvalue weighted by atomic mass is 10.1. The van der Waals surface area contributed by atoms with E-state index in [1.807, 2.05) is 31.2 Å². The van der Waals surface area contributed by atoms with Crippen molar-refractivity contribution in [3.05, 3.63) is 77.6 Å². The number of hydrogen-bond donors (Lipinski definition) is 1. The van der Waals surface area contributed by atoms with Crippen LogP contribution in [-0.2, 0) is 13.0 Å². The SMILES string of the molecule is C=CCCOc1cc(Oc2ccc(-c3nnc4n3CCC4)cc2)cc(C(=O)Nc2ncc(C)s2)c1. The Bertz CT molecular complexity index is 1360. The number of thiazole rings is 1. The number of fused-ring (bicyclic) bond motifs is 1. The van der Waals surface area contributed by atoms with E-state index >= 15 is 0 Å². The van der Waals surface area contributed by atoms with Gasteiger partial charge in [0.15, 0.2) is 11.0 Å². The summed E-state index contributed by atoms with van der Waals surface area (Å²) < 4.78 is 14.1. The van der Waals surface area contributed by atoms with Gasteiger partial charge in [-0.1, -0.05) is 6.08 Å². The molecule has 2 aromatic heterocycles. The van der Waals surface area contributed by atoms with E-state index in [1.165, 1.54) is 11.3 Å². The summed E-state index contributed by atoms with van der Waals surface area (Å²) in [6.07, 6.45) is 6.27. The van der Waals surface area contributed by atoms with Crippen LogP contribution in [0.25, 0.3) is 11.4 Å². The van der Waals surface area contributed by atoms with Crippen LogP contribution < -0.4 is 14.8 Å². The van der Waals surface area contributed by atoms with Gasteiger partial charge in [0.2, 0.25) is 0 Å². The summed E-state index contributed by atoms with van der Waals surface area (Å²) in [5, 5.41) is 12.0. The molecule has 0 saturated heterocycles. The molecule has 4 aromatic rings. The minimum Gasteiger partial charge on any atom is -0.493 e. The number of benzene rings is 2. The number of nitrogens with one attached hydrogen (secondary N) is 1. The Hall–Kier alpha value is -3.98. The van der Waals surface area contributed by atoms with Crippen LogP contribution in [-0.4, -0.2) is 32.3 Å². The average molecular weight is 488 g/mol. The van der Waals surface area contributed by atoms with Crippen LogP contribution >= 0.6 is 11.3 Å². The zero-order valence-corrected chi connectivity index (χ0v) is 20.2. The van der Waals surface area contributed by atoms with Gasteiger partial charge < -0.3 is 14.0 Å². The molecule has 3 heterocycles. The summed E-state index contributed by atoms with van der Waals surface area (Å²) in [6.45, 7) is 7.06. The first kappa shape index (κ1) is 22.8. The highest BCUT2D eigenvalue weighted by Gasteiger charge is 2.18. The number of anilines is 1. The first-order chi connectivity index (χ1) is 17.1. The third kappa shape index (κ3) is 5.25. The predicted molar refractivity (Wildman–Crippen MR) is 135 cm³/mol. The number of carbonyl (C=O) groups is 1. The van der Waals surface area contributed by atoms with E-state index in [9.17, 15) is 4.79 Å². The Morgan fingerprint density at radius 3 is 2.77 bits per heavy atom. The van der Waals surface area contributed by atoms with E-state index < -0.39 is 0 Å². The van der Waals surface area contributed by atoms with E-state index in [2.05, 4.69) is 31.6 Å². The summed E-state index contributed by atoms with van der Waals surface area (Å²) in [6, 6.07) is 12.9. The lowest BCUT2D eigenvalue weighted by molar-refractivity contribution is 0.102. The number of amides is 1. The quantitative estimate of drug-likeness (QED) is 0.242. The summed E-state index contributed by atoms with van der Waals surface area (Å²) in [5.74, 6) is 3.30. The Morgan fingerprint density at radius 1 is 1.17 bits per heavy atom. The lowest BCUT2D eigenvalue weighted by Gasteiger charge is -2.12. The van der Waals surface area contributed by atoms with E-state index in [-0.39, 0.29) is 5.91 Å². The molecule has 0 aliphatic carbocycles. The molecule has 1 N–H and O–H groups in total. The van der Waals surface area contributed by atoms with Gasteiger partial charge in [-0.25, -0.2) is 4.98 Å². The molecular weight excluding hydrogens is 462 g/mol. The molecule has 0 unspecified atom stereocenters. The van der Waals surface area contributed by atoms with Crippen molar-refractivity contribution < 1.29 is 14.3 Å². The summed E-state index contributed by atoms with van der Waals surface area (Å²) in [7, 11) is 0. The number of hydrogen-bond acceptors (Lipinski definition) is 7. The van der Waals surface area contributed by atoms with Crippen molar-refractivity contribution >= 4 is 22.4 Å². The van der Waals surface area contributed by atoms with Crippen molar-refractivity contribution in [1.82, 2.24) is 19.7 Å². The molecule has 9 heteroatoms. The lowest BCUT2D eigenvalue weighted by Crippen LogP contribution is -2.12. The van der Waals surface area contributed by atoms with Gasteiger partial charge in [-0.3, -0.25) is 10.1 Å². The van der Waals surface area contributed by atoms with Gasteiger partial charge in [-0.2, -0.15) is 0 Å². The van der Waals surface area contributed by atoms with E-state index in [0.29, 0.717) is 41.0 Å². The normalized spacial score (nSPS) is 12.3. The Morgan fingerprint density at radius 2 is 2.00 bits per heavy atom. The molecule has 0 spiro atoms. The van der Waals surface area contributed by atoms with Crippen molar-refractivity contribution in [3.8, 4) is 28.6 Å². The number of rotatable bonds is 9. The van der Waals surface area contributed by atoms with Gasteiger partial charge in [0.05, 0.1) is 6.61 Å². The molecule has 35 heavy (non-hydrogen) atoms. The van der Waals surface area contributed by atoms with Gasteiger partial charge in [0.25, 0.3) is 5.91 Å². The first-order valence-corrected chi connectivity index (χ1v) is 12.2. The van der Waals surface area contributed by atoms with E-state index in [4.69, 9.17) is 9.47 Å². The first-order valence-electron chi connectivity index (χ1n) is 11.4. The molecule has 8 nitrogen and oxygen atoms in total. The minimum atomic E-state index is -0.283. The fourth-order valence-corrected chi connectivity index (χ4v) is 4.52. The molecule has 0 fully saturated rings. The largest absolute Gasteiger partial charge is 0.493 e. The monoisotopic (exact) mass is 487 g/mol. The standard InChI is InChI=1S/C26H25N5O3S/c1-3-4-12-33-21-13-19(25(32)28-26-27-16-17(2)35-26)14-22(15-21)34-20-9-7-18(8-10-20)24-30-29-23-6-5-11-31(23)24/h3,7-10,13-16H,1,4-6,11-12H2,2H3,(H,27,28,32). The molecule has 0 radical (unpaired) electrons. The van der Waals surface area contributed by atoms with Crippen molar-refractivity contribution in [2.45, 2.75) is 32.7 Å². The molecule has 0 saturated carbocycles. The van der Waals surface area contributed by atoms with Gasteiger partial charge in [-0.05, 0) is 56.2 Å². The Labute approximate surface area is 207 Å². The van der Waals surface area contributed by atoms with Crippen molar-refractivity contribution in [2.75, 3.05) is 11.9 Å². The van der Waals surface area contributed by atoms with Gasteiger partial charge in [0, 0.05) is 41.2 Å². The highest BCUT2D eigenvalue weighted by Crippen LogP contribution is 2.31. The zero-order valence-electron chi connectivity index (χ0n) is 19.4. The van der Waals surface area contributed by atoms with Gasteiger partial charge >= 0.3 is 0 Å². The van der Waals surface area contributed by atoms with Crippen molar-refractivity contribution in [1.29, 1.82) is 0 Å². The maximum Gasteiger partial charge on any atom is 0.257 e. The van der Waals surface area contributed by atoms with Crippen LogP contribution in [0.1, 0.15) is 33.9 Å². The van der Waals surface area contributed by atoms with E-state index in [1.54, 1.807) is 30.5 Å². The average Bonchev–Trinajstić information content (AvgIpc) is 3.58. The number of nitrogens with zero attached hydrogens (tertiary/aromatic N) is 4. The second-order valence-corrected chi connectivity index (χ2v) is 9.41. The topological polar surface area (TPSA) is 91.2 Å². The molecular formula is C26H25N5O3S. The highest BCUT2D eigenvalue weighted by molar-refractivity contribution is 7.15. The molecule has 2 aromatic carbocycles. The fraction of sp³-hybridized carbons (Fsp3) is 0.231. The Kier molecular flexibility index (Phi) is 6.58. The van der Waals surface area contributed by atoms with Crippen LogP contribution in [0.15, 0.2) is 61.3 Å². The highest BCUT2D eigenvalue weighted by atomic mass is 32.1. The molecule has 5 rings (SSSR count). The number of carbonyl (C=O) groups excluding carboxylic acids is 1. The third-order valence-corrected chi connectivity index (χ3v) is 6.36. The molecule has 1 aliphatic rings. The second kappa shape index (κ2) is 10.1. The molecule has 0 bridgehead atoms. The van der Waals surface area contributed by atoms with Crippen LogP contribution in [0, 0.1) is 6.92 Å². The van der Waals surface area contributed by atoms with Crippen LogP contribution in [0.5, 0.6) is 17.2 Å². The third-order valence-electron chi connectivity index (χ3n) is 5.53. The Balaban J connectivity index is 1.36. The fourth-order valence-electron chi connectivity index (χ4n) is 3.86. The second-order valence-electron chi connectivity index (χ2n) is 8.17. The maximum atomic E-state index is 12.9. The number of aryl methyl sites for hydroxylation is 2. The summed E-state index contributed by atoms with van der Waals surface area (Å²) in [5.41, 5.74) is 1.40. The maximum absolute atomic E-state index is 12.9. The van der Waals surface area contributed by atoms with Crippen molar-refractivity contribution in [2.24, 2.45) is 0 Å². The van der Waals surface area contributed by atoms with Crippen molar-refractivity contribution in [3.63, 3.8) is 0 Å². The number of ether oxygens (including phenoxy) is 2. The van der Waals surface area contributed by atoms with Crippen LogP contribution in [0.2, 0.25) is 0 Å². The minimum absolute atomic E-state index is 0.283. The molecule has 178 valence electrons. The predicted octanol–water partition coefficient (Wildman–Crippen LogP) is 5.66. The smallest absolute Gasteiger partial charge is 0.257 e.